The highest BCUT2D eigenvalue weighted by Gasteiger charge is 2.17. The molecule has 102 valence electrons. The topological polar surface area (TPSA) is 78.3 Å². The number of H-pyrrole nitrogens is 1. The number of nitrogens with one attached hydrogen (secondary N) is 2. The number of aromatic nitrogens is 1. The van der Waals surface area contributed by atoms with Gasteiger partial charge >= 0.3 is 0 Å². The molecule has 5 nitrogen and oxygen atoms in total. The highest BCUT2D eigenvalue weighted by Crippen LogP contribution is 2.18. The smallest absolute Gasteiger partial charge is 0.267 e. The Labute approximate surface area is 119 Å². The van der Waals surface area contributed by atoms with Crippen molar-refractivity contribution in [2.24, 2.45) is 0 Å². The summed E-state index contributed by atoms with van der Waals surface area (Å²) >= 11 is 3.27. The van der Waals surface area contributed by atoms with E-state index in [1.54, 1.807) is 24.4 Å². The maximum absolute atomic E-state index is 11.9. The molecule has 0 aliphatic rings. The normalized spacial score (nSPS) is 14.1. The SMILES string of the molecule is C[C@H](C[C@H](O)c1ccco1)NC(=O)c1cc(Br)c[nH]1. The monoisotopic (exact) mass is 326 g/mol. The Balaban J connectivity index is 1.87. The molecule has 0 aromatic carbocycles. The third kappa shape index (κ3) is 3.71. The second-order valence-corrected chi connectivity index (χ2v) is 5.29. The lowest BCUT2D eigenvalue weighted by Gasteiger charge is -2.16. The summed E-state index contributed by atoms with van der Waals surface area (Å²) in [4.78, 5) is 14.7. The fourth-order valence-electron chi connectivity index (χ4n) is 1.79. The van der Waals surface area contributed by atoms with Crippen LogP contribution in [0, 0.1) is 0 Å². The van der Waals surface area contributed by atoms with E-state index in [0.717, 1.165) is 4.47 Å². The number of hydrogen-bond donors (Lipinski definition) is 3. The van der Waals surface area contributed by atoms with Gasteiger partial charge in [0.1, 0.15) is 17.6 Å². The molecule has 3 N–H and O–H groups in total. The highest BCUT2D eigenvalue weighted by atomic mass is 79.9. The fraction of sp³-hybridized carbons (Fsp3) is 0.308. The van der Waals surface area contributed by atoms with Crippen LogP contribution in [0.15, 0.2) is 39.5 Å². The number of amides is 1. The Morgan fingerprint density at radius 1 is 1.63 bits per heavy atom. The number of halogens is 1. The van der Waals surface area contributed by atoms with Gasteiger partial charge in [0.2, 0.25) is 0 Å². The summed E-state index contributed by atoms with van der Waals surface area (Å²) in [5, 5.41) is 12.7. The van der Waals surface area contributed by atoms with Gasteiger partial charge in [-0.15, -0.1) is 0 Å². The standard InChI is InChI=1S/C13H15BrN2O3/c1-8(5-11(17)12-3-2-4-19-12)16-13(18)10-6-9(14)7-15-10/h2-4,6-8,11,15,17H,5H2,1H3,(H,16,18)/t8-,11+/m1/s1. The Morgan fingerprint density at radius 3 is 3.00 bits per heavy atom. The number of aliphatic hydroxyl groups is 1. The number of hydrogen-bond acceptors (Lipinski definition) is 3. The van der Waals surface area contributed by atoms with Crippen LogP contribution in [0.3, 0.4) is 0 Å². The predicted molar refractivity (Wildman–Crippen MR) is 73.7 cm³/mol. The van der Waals surface area contributed by atoms with Crippen molar-refractivity contribution < 1.29 is 14.3 Å². The number of furan rings is 1. The van der Waals surface area contributed by atoms with Crippen molar-refractivity contribution >= 4 is 21.8 Å². The molecular formula is C13H15BrN2O3. The zero-order valence-corrected chi connectivity index (χ0v) is 12.0. The van der Waals surface area contributed by atoms with Crippen LogP contribution < -0.4 is 5.32 Å². The van der Waals surface area contributed by atoms with E-state index in [2.05, 4.69) is 26.2 Å². The summed E-state index contributed by atoms with van der Waals surface area (Å²) in [6, 6.07) is 4.96. The molecule has 0 unspecified atom stereocenters. The van der Waals surface area contributed by atoms with Gasteiger partial charge in [-0.1, -0.05) is 0 Å². The lowest BCUT2D eigenvalue weighted by Crippen LogP contribution is -2.33. The average Bonchev–Trinajstić information content (AvgIpc) is 2.98. The first-order valence-corrected chi connectivity index (χ1v) is 6.72. The van der Waals surface area contributed by atoms with Crippen LogP contribution in [-0.2, 0) is 0 Å². The summed E-state index contributed by atoms with van der Waals surface area (Å²) in [7, 11) is 0. The Hall–Kier alpha value is -1.53. The molecule has 0 saturated carbocycles. The lowest BCUT2D eigenvalue weighted by molar-refractivity contribution is 0.0899. The molecule has 0 spiro atoms. The summed E-state index contributed by atoms with van der Waals surface area (Å²) in [6.07, 6.45) is 2.87. The average molecular weight is 327 g/mol. The molecule has 0 aliphatic heterocycles. The number of carbonyl (C=O) groups excluding carboxylic acids is 1. The maximum Gasteiger partial charge on any atom is 0.267 e. The molecular weight excluding hydrogens is 312 g/mol. The van der Waals surface area contributed by atoms with Gasteiger partial charge in [0.05, 0.1) is 6.26 Å². The molecule has 6 heteroatoms. The van der Waals surface area contributed by atoms with E-state index in [1.165, 1.54) is 6.26 Å². The van der Waals surface area contributed by atoms with E-state index in [4.69, 9.17) is 4.42 Å². The summed E-state index contributed by atoms with van der Waals surface area (Å²) in [5.74, 6) is 0.300. The Kier molecular flexibility index (Phi) is 4.44. The van der Waals surface area contributed by atoms with Crippen LogP contribution in [0.4, 0.5) is 0 Å². The molecule has 19 heavy (non-hydrogen) atoms. The number of rotatable bonds is 5. The molecule has 0 bridgehead atoms. The summed E-state index contributed by atoms with van der Waals surface area (Å²) in [6.45, 7) is 1.84. The minimum absolute atomic E-state index is 0.172. The quantitative estimate of drug-likeness (QED) is 0.790. The molecule has 2 aromatic heterocycles. The van der Waals surface area contributed by atoms with E-state index >= 15 is 0 Å². The molecule has 1 amide bonds. The summed E-state index contributed by atoms with van der Waals surface area (Å²) in [5.41, 5.74) is 0.478. The summed E-state index contributed by atoms with van der Waals surface area (Å²) < 4.78 is 5.93. The van der Waals surface area contributed by atoms with Crippen molar-refractivity contribution in [1.29, 1.82) is 0 Å². The molecule has 2 heterocycles. The van der Waals surface area contributed by atoms with Crippen LogP contribution in [0.2, 0.25) is 0 Å². The fourth-order valence-corrected chi connectivity index (χ4v) is 2.13. The second kappa shape index (κ2) is 6.08. The second-order valence-electron chi connectivity index (χ2n) is 4.37. The van der Waals surface area contributed by atoms with Gasteiger partial charge in [0, 0.05) is 23.1 Å². The molecule has 2 atom stereocenters. The largest absolute Gasteiger partial charge is 0.467 e. The van der Waals surface area contributed by atoms with E-state index in [0.29, 0.717) is 17.9 Å². The van der Waals surface area contributed by atoms with Gasteiger partial charge < -0.3 is 19.8 Å². The van der Waals surface area contributed by atoms with Crippen molar-refractivity contribution in [3.63, 3.8) is 0 Å². The lowest BCUT2D eigenvalue weighted by atomic mass is 10.1. The third-order valence-electron chi connectivity index (χ3n) is 2.72. The van der Waals surface area contributed by atoms with Gasteiger partial charge in [-0.25, -0.2) is 0 Å². The number of carbonyl (C=O) groups is 1. The van der Waals surface area contributed by atoms with Crippen molar-refractivity contribution in [3.8, 4) is 0 Å². The zero-order valence-electron chi connectivity index (χ0n) is 10.4. The van der Waals surface area contributed by atoms with Crippen molar-refractivity contribution in [2.75, 3.05) is 0 Å². The van der Waals surface area contributed by atoms with Crippen LogP contribution in [0.1, 0.15) is 35.7 Å². The maximum atomic E-state index is 11.9. The first-order valence-electron chi connectivity index (χ1n) is 5.92. The van der Waals surface area contributed by atoms with E-state index in [-0.39, 0.29) is 11.9 Å². The van der Waals surface area contributed by atoms with Gasteiger partial charge in [-0.2, -0.15) is 0 Å². The molecule has 2 aromatic rings. The molecule has 0 fully saturated rings. The third-order valence-corrected chi connectivity index (χ3v) is 3.18. The number of aromatic amines is 1. The van der Waals surface area contributed by atoms with Crippen LogP contribution in [0.5, 0.6) is 0 Å². The van der Waals surface area contributed by atoms with Crippen molar-refractivity contribution in [1.82, 2.24) is 10.3 Å². The van der Waals surface area contributed by atoms with Crippen LogP contribution in [0.25, 0.3) is 0 Å². The van der Waals surface area contributed by atoms with Crippen LogP contribution in [-0.4, -0.2) is 22.0 Å². The first kappa shape index (κ1) is 13.9. The first-order chi connectivity index (χ1) is 9.06. The van der Waals surface area contributed by atoms with E-state index < -0.39 is 6.10 Å². The Morgan fingerprint density at radius 2 is 2.42 bits per heavy atom. The number of aliphatic hydroxyl groups excluding tert-OH is 1. The van der Waals surface area contributed by atoms with Crippen molar-refractivity contribution in [2.45, 2.75) is 25.5 Å². The molecule has 0 saturated heterocycles. The van der Waals surface area contributed by atoms with Gasteiger partial charge in [0.25, 0.3) is 5.91 Å². The zero-order chi connectivity index (χ0) is 13.8. The minimum Gasteiger partial charge on any atom is -0.467 e. The van der Waals surface area contributed by atoms with Gasteiger partial charge in [-0.05, 0) is 41.1 Å². The molecule has 2 rings (SSSR count). The highest BCUT2D eigenvalue weighted by molar-refractivity contribution is 9.10. The van der Waals surface area contributed by atoms with E-state index in [9.17, 15) is 9.90 Å². The molecule has 0 aliphatic carbocycles. The van der Waals surface area contributed by atoms with E-state index in [1.807, 2.05) is 6.92 Å². The van der Waals surface area contributed by atoms with Gasteiger partial charge in [0.15, 0.2) is 0 Å². The predicted octanol–water partition coefficient (Wildman–Crippen LogP) is 2.61. The van der Waals surface area contributed by atoms with Crippen molar-refractivity contribution in [3.05, 3.63) is 46.6 Å². The molecule has 0 radical (unpaired) electrons. The van der Waals surface area contributed by atoms with Crippen LogP contribution >= 0.6 is 15.9 Å². The van der Waals surface area contributed by atoms with Gasteiger partial charge in [-0.3, -0.25) is 4.79 Å². The Bertz CT molecular complexity index is 536. The minimum atomic E-state index is -0.722.